The summed E-state index contributed by atoms with van der Waals surface area (Å²) in [7, 11) is 1.49. The second-order valence-corrected chi connectivity index (χ2v) is 7.88. The standard InChI is InChI=1S/C17H20Cl3N3O3/c1-17(2,3)14(26-16(24)21-4)15(23-6-5-22-9-23)25-13-8-11(19)10(18)7-12(13)20/h5-9,14-15H,1-4H3,(H,21,24). The summed E-state index contributed by atoms with van der Waals surface area (Å²) in [5.41, 5.74) is -0.454. The summed E-state index contributed by atoms with van der Waals surface area (Å²) < 4.78 is 13.4. The van der Waals surface area contributed by atoms with E-state index in [0.29, 0.717) is 15.8 Å². The summed E-state index contributed by atoms with van der Waals surface area (Å²) in [4.78, 5) is 15.9. The zero-order valence-corrected chi connectivity index (χ0v) is 17.1. The van der Waals surface area contributed by atoms with E-state index in [1.165, 1.54) is 19.2 Å². The molecule has 1 aromatic heterocycles. The van der Waals surface area contributed by atoms with Crippen molar-refractivity contribution >= 4 is 40.9 Å². The Morgan fingerprint density at radius 1 is 1.19 bits per heavy atom. The minimum absolute atomic E-state index is 0.289. The first-order valence-electron chi connectivity index (χ1n) is 7.80. The molecule has 1 aromatic carbocycles. The molecule has 0 fully saturated rings. The Labute approximate surface area is 167 Å². The number of carbonyl (C=O) groups is 1. The van der Waals surface area contributed by atoms with Crippen molar-refractivity contribution in [3.63, 3.8) is 0 Å². The highest BCUT2D eigenvalue weighted by molar-refractivity contribution is 6.43. The van der Waals surface area contributed by atoms with Crippen LogP contribution in [0.4, 0.5) is 4.79 Å². The van der Waals surface area contributed by atoms with Gasteiger partial charge < -0.3 is 14.8 Å². The molecule has 1 N–H and O–H groups in total. The summed E-state index contributed by atoms with van der Waals surface area (Å²) in [6.07, 6.45) is 2.92. The summed E-state index contributed by atoms with van der Waals surface area (Å²) in [5.74, 6) is 0.314. The maximum atomic E-state index is 11.9. The molecule has 2 unspecified atom stereocenters. The highest BCUT2D eigenvalue weighted by Gasteiger charge is 2.38. The maximum absolute atomic E-state index is 11.9. The third kappa shape index (κ3) is 4.96. The molecule has 0 aliphatic heterocycles. The Kier molecular flexibility index (Phi) is 6.66. The fraction of sp³-hybridized carbons (Fsp3) is 0.412. The number of halogens is 3. The maximum Gasteiger partial charge on any atom is 0.407 e. The molecule has 6 nitrogen and oxygen atoms in total. The van der Waals surface area contributed by atoms with Gasteiger partial charge in [0.25, 0.3) is 0 Å². The Balaban J connectivity index is 2.46. The summed E-state index contributed by atoms with van der Waals surface area (Å²) in [6.45, 7) is 5.80. The van der Waals surface area contributed by atoms with Crippen LogP contribution in [-0.4, -0.2) is 28.8 Å². The molecule has 2 rings (SSSR count). The van der Waals surface area contributed by atoms with Gasteiger partial charge in [0.2, 0.25) is 6.23 Å². The van der Waals surface area contributed by atoms with Crippen molar-refractivity contribution in [3.05, 3.63) is 45.9 Å². The molecular weight excluding hydrogens is 401 g/mol. The molecule has 2 aromatic rings. The van der Waals surface area contributed by atoms with Gasteiger partial charge in [-0.2, -0.15) is 0 Å². The topological polar surface area (TPSA) is 65.4 Å². The first-order valence-corrected chi connectivity index (χ1v) is 8.94. The lowest BCUT2D eigenvalue weighted by molar-refractivity contribution is -0.0738. The van der Waals surface area contributed by atoms with Crippen molar-refractivity contribution in [1.29, 1.82) is 0 Å². The van der Waals surface area contributed by atoms with Crippen LogP contribution in [0.3, 0.4) is 0 Å². The van der Waals surface area contributed by atoms with Gasteiger partial charge in [-0.3, -0.25) is 4.57 Å². The largest absolute Gasteiger partial charge is 0.464 e. The van der Waals surface area contributed by atoms with Crippen molar-refractivity contribution in [1.82, 2.24) is 14.9 Å². The lowest BCUT2D eigenvalue weighted by Crippen LogP contribution is -2.43. The van der Waals surface area contributed by atoms with Gasteiger partial charge in [-0.05, 0) is 6.07 Å². The van der Waals surface area contributed by atoms with Gasteiger partial charge in [-0.15, -0.1) is 0 Å². The van der Waals surface area contributed by atoms with E-state index < -0.39 is 23.8 Å². The molecule has 0 aliphatic rings. The number of aromatic nitrogens is 2. The quantitative estimate of drug-likeness (QED) is 0.676. The number of ether oxygens (including phenoxy) is 2. The van der Waals surface area contributed by atoms with Crippen LogP contribution in [0.2, 0.25) is 15.1 Å². The number of carbonyl (C=O) groups excluding carboxylic acids is 1. The Morgan fingerprint density at radius 3 is 2.38 bits per heavy atom. The average molecular weight is 421 g/mol. The molecule has 26 heavy (non-hydrogen) atoms. The van der Waals surface area contributed by atoms with Crippen LogP contribution >= 0.6 is 34.8 Å². The number of alkyl carbamates (subject to hydrolysis) is 1. The van der Waals surface area contributed by atoms with E-state index in [4.69, 9.17) is 44.3 Å². The van der Waals surface area contributed by atoms with Crippen molar-refractivity contribution in [2.45, 2.75) is 33.1 Å². The third-order valence-electron chi connectivity index (χ3n) is 3.59. The van der Waals surface area contributed by atoms with Gasteiger partial charge in [0.05, 0.1) is 21.4 Å². The molecule has 0 saturated heterocycles. The van der Waals surface area contributed by atoms with E-state index >= 15 is 0 Å². The number of nitrogens with zero attached hydrogens (tertiary/aromatic N) is 2. The van der Waals surface area contributed by atoms with E-state index in [0.717, 1.165) is 0 Å². The monoisotopic (exact) mass is 419 g/mol. The minimum Gasteiger partial charge on any atom is -0.464 e. The molecule has 0 bridgehead atoms. The molecule has 0 saturated carbocycles. The van der Waals surface area contributed by atoms with Crippen LogP contribution in [0.5, 0.6) is 5.75 Å². The lowest BCUT2D eigenvalue weighted by Gasteiger charge is -2.36. The zero-order valence-electron chi connectivity index (χ0n) is 14.8. The number of amides is 1. The number of benzene rings is 1. The van der Waals surface area contributed by atoms with Crippen molar-refractivity contribution in [2.24, 2.45) is 5.41 Å². The fourth-order valence-corrected chi connectivity index (χ4v) is 2.84. The second kappa shape index (κ2) is 8.37. The highest BCUT2D eigenvalue weighted by Crippen LogP contribution is 2.38. The van der Waals surface area contributed by atoms with Crippen LogP contribution < -0.4 is 10.1 Å². The molecule has 0 aliphatic carbocycles. The molecule has 1 heterocycles. The Morgan fingerprint density at radius 2 is 1.85 bits per heavy atom. The van der Waals surface area contributed by atoms with Crippen molar-refractivity contribution < 1.29 is 14.3 Å². The SMILES string of the molecule is CNC(=O)OC(C(Oc1cc(Cl)c(Cl)cc1Cl)n1ccnc1)C(C)(C)C. The van der Waals surface area contributed by atoms with E-state index in [1.807, 2.05) is 20.8 Å². The minimum atomic E-state index is -0.732. The molecule has 1 amide bonds. The average Bonchev–Trinajstić information content (AvgIpc) is 3.08. The number of imidazole rings is 1. The second-order valence-electron chi connectivity index (χ2n) is 6.66. The van der Waals surface area contributed by atoms with Gasteiger partial charge in [-0.1, -0.05) is 55.6 Å². The first kappa shape index (κ1) is 20.7. The molecule has 2 atom stereocenters. The van der Waals surface area contributed by atoms with Crippen LogP contribution in [0, 0.1) is 5.41 Å². The highest BCUT2D eigenvalue weighted by atomic mass is 35.5. The zero-order chi connectivity index (χ0) is 19.5. The van der Waals surface area contributed by atoms with Crippen molar-refractivity contribution in [3.8, 4) is 5.75 Å². The predicted octanol–water partition coefficient (Wildman–Crippen LogP) is 5.19. The summed E-state index contributed by atoms with van der Waals surface area (Å²) in [5, 5.41) is 3.36. The van der Waals surface area contributed by atoms with Gasteiger partial charge in [-0.25, -0.2) is 9.78 Å². The smallest absolute Gasteiger partial charge is 0.407 e. The van der Waals surface area contributed by atoms with Crippen LogP contribution in [0.1, 0.15) is 27.0 Å². The van der Waals surface area contributed by atoms with E-state index in [-0.39, 0.29) is 5.02 Å². The first-order chi connectivity index (χ1) is 12.1. The molecule has 142 valence electrons. The van der Waals surface area contributed by atoms with Crippen LogP contribution in [0.15, 0.2) is 30.9 Å². The molecular formula is C17H20Cl3N3O3. The number of hydrogen-bond acceptors (Lipinski definition) is 4. The van der Waals surface area contributed by atoms with Crippen LogP contribution in [-0.2, 0) is 4.74 Å². The summed E-state index contributed by atoms with van der Waals surface area (Å²) >= 11 is 18.3. The van der Waals surface area contributed by atoms with Crippen LogP contribution in [0.25, 0.3) is 0 Å². The third-order valence-corrected chi connectivity index (χ3v) is 4.61. The molecule has 9 heteroatoms. The van der Waals surface area contributed by atoms with Gasteiger partial charge in [0.15, 0.2) is 6.10 Å². The molecule has 0 radical (unpaired) electrons. The Bertz CT molecular complexity index is 761. The van der Waals surface area contributed by atoms with Gasteiger partial charge in [0, 0.05) is 30.9 Å². The normalized spacial score (nSPS) is 13.8. The molecule has 0 spiro atoms. The van der Waals surface area contributed by atoms with E-state index in [9.17, 15) is 4.79 Å². The predicted molar refractivity (Wildman–Crippen MR) is 102 cm³/mol. The Hall–Kier alpha value is -1.63. The van der Waals surface area contributed by atoms with E-state index in [1.54, 1.807) is 23.3 Å². The number of nitrogens with one attached hydrogen (secondary N) is 1. The van der Waals surface area contributed by atoms with Gasteiger partial charge in [0.1, 0.15) is 5.75 Å². The number of hydrogen-bond donors (Lipinski definition) is 1. The van der Waals surface area contributed by atoms with Crippen molar-refractivity contribution in [2.75, 3.05) is 7.05 Å². The summed E-state index contributed by atoms with van der Waals surface area (Å²) in [6, 6.07) is 3.02. The number of rotatable bonds is 5. The lowest BCUT2D eigenvalue weighted by atomic mass is 9.87. The fourth-order valence-electron chi connectivity index (χ4n) is 2.26. The van der Waals surface area contributed by atoms with Gasteiger partial charge >= 0.3 is 6.09 Å². The van der Waals surface area contributed by atoms with E-state index in [2.05, 4.69) is 10.3 Å².